The molecule has 8 aromatic rings. The number of benzene rings is 4. The number of nitrogens with one attached hydrogen (secondary N) is 2. The van der Waals surface area contributed by atoms with Gasteiger partial charge >= 0.3 is 24.3 Å². The standard InChI is InChI=1S/2C27H28N5O3.2C2HF3O2/c2*1-30-12-10-19(11-13-30)16-31(18-25(33)35-2)27(34)24-15-21-7-3-4-9-23(21)32(24)17-20-6-5-8-22(14-20)26(28)29;2*3-2(4,5)1(6)7/h2*3-15H,16-18H2,1-2H3,(H3,28,29);2*(H,6,7)/q2*+1;;/p-2. The van der Waals surface area contributed by atoms with Gasteiger partial charge in [-0.15, -0.1) is 0 Å². The topological polar surface area (TPSA) is 291 Å². The van der Waals surface area contributed by atoms with Gasteiger partial charge in [0.15, 0.2) is 24.8 Å². The van der Waals surface area contributed by atoms with Gasteiger partial charge in [0.05, 0.1) is 14.2 Å². The molecule has 440 valence electrons. The molecule has 2 amide bonds. The number of esters is 2. The van der Waals surface area contributed by atoms with Gasteiger partial charge in [-0.3, -0.25) is 30.0 Å². The van der Waals surface area contributed by atoms with Crippen LogP contribution >= 0.6 is 0 Å². The second-order valence-corrected chi connectivity index (χ2v) is 18.4. The first-order chi connectivity index (χ1) is 39.6. The van der Waals surface area contributed by atoms with Crippen molar-refractivity contribution < 1.29 is 83.9 Å². The summed E-state index contributed by atoms with van der Waals surface area (Å²) in [5, 5.41) is 34.9. The van der Waals surface area contributed by atoms with Crippen molar-refractivity contribution in [2.75, 3.05) is 27.3 Å². The second kappa shape index (κ2) is 28.8. The zero-order chi connectivity index (χ0) is 62.1. The fourth-order valence-electron chi connectivity index (χ4n) is 8.03. The van der Waals surface area contributed by atoms with Gasteiger partial charge in [-0.25, -0.2) is 9.13 Å². The molecule has 0 unspecified atom stereocenters. The van der Waals surface area contributed by atoms with Crippen molar-refractivity contribution in [1.29, 1.82) is 10.8 Å². The number of aromatic nitrogens is 4. The monoisotopic (exact) mass is 1170 g/mol. The predicted octanol–water partition coefficient (Wildman–Crippen LogP) is 3.82. The van der Waals surface area contributed by atoms with E-state index in [4.69, 9.17) is 51.6 Å². The fourth-order valence-corrected chi connectivity index (χ4v) is 8.03. The summed E-state index contributed by atoms with van der Waals surface area (Å²) >= 11 is 0. The minimum absolute atomic E-state index is 0.0129. The number of amidine groups is 2. The van der Waals surface area contributed by atoms with Crippen LogP contribution in [-0.2, 0) is 68.9 Å². The molecular formula is C58H56F6N10O10. The number of carbonyl (C=O) groups excluding carboxylic acids is 6. The Morgan fingerprint density at radius 2 is 0.833 bits per heavy atom. The molecule has 0 aliphatic heterocycles. The molecule has 84 heavy (non-hydrogen) atoms. The van der Waals surface area contributed by atoms with Gasteiger partial charge < -0.3 is 59.7 Å². The predicted molar refractivity (Wildman–Crippen MR) is 288 cm³/mol. The highest BCUT2D eigenvalue weighted by molar-refractivity contribution is 6.01. The molecule has 8 rings (SSSR count). The summed E-state index contributed by atoms with van der Waals surface area (Å²) in [6.45, 7) is 0.994. The van der Waals surface area contributed by atoms with E-state index in [0.717, 1.165) is 44.1 Å². The number of carboxylic acid groups (broad SMARTS) is 2. The number of nitrogens with zero attached hydrogens (tertiary/aromatic N) is 6. The third kappa shape index (κ3) is 18.3. The zero-order valence-corrected chi connectivity index (χ0v) is 45.4. The molecule has 0 fully saturated rings. The molecule has 4 aromatic carbocycles. The molecule has 0 aliphatic carbocycles. The number of amides is 2. The van der Waals surface area contributed by atoms with E-state index in [1.54, 1.807) is 12.1 Å². The van der Waals surface area contributed by atoms with Crippen molar-refractivity contribution in [1.82, 2.24) is 18.9 Å². The van der Waals surface area contributed by atoms with Crippen molar-refractivity contribution >= 4 is 69.2 Å². The smallest absolute Gasteiger partial charge is 0.430 e. The van der Waals surface area contributed by atoms with Gasteiger partial charge in [-0.1, -0.05) is 72.8 Å². The van der Waals surface area contributed by atoms with Crippen LogP contribution in [0.3, 0.4) is 0 Å². The Morgan fingerprint density at radius 1 is 0.512 bits per heavy atom. The Labute approximate surface area is 475 Å². The number of rotatable bonds is 16. The van der Waals surface area contributed by atoms with Crippen LogP contribution in [0.1, 0.15) is 54.4 Å². The second-order valence-electron chi connectivity index (χ2n) is 18.4. The van der Waals surface area contributed by atoms with Crippen LogP contribution in [0.5, 0.6) is 0 Å². The largest absolute Gasteiger partial charge is 0.542 e. The number of ether oxygens (including phenoxy) is 2. The highest BCUT2D eigenvalue weighted by atomic mass is 19.4. The van der Waals surface area contributed by atoms with Crippen molar-refractivity contribution in [2.45, 2.75) is 38.5 Å². The average Bonchev–Trinajstić information content (AvgIpc) is 3.62. The Balaban J connectivity index is 0.000000250. The number of hydrogen-bond acceptors (Lipinski definition) is 12. The Kier molecular flexibility index (Phi) is 22.1. The molecule has 0 saturated carbocycles. The number of carbonyl (C=O) groups is 6. The van der Waals surface area contributed by atoms with E-state index in [0.29, 0.717) is 35.6 Å². The van der Waals surface area contributed by atoms with E-state index in [9.17, 15) is 45.5 Å². The molecule has 26 heteroatoms. The maximum Gasteiger partial charge on any atom is 0.430 e. The molecule has 0 radical (unpaired) electrons. The molecular weight excluding hydrogens is 1110 g/mol. The van der Waals surface area contributed by atoms with Crippen LogP contribution in [0.15, 0.2) is 158 Å². The number of carboxylic acids is 2. The lowest BCUT2D eigenvalue weighted by molar-refractivity contribution is -0.671. The number of methoxy groups -OCH3 is 2. The molecule has 6 N–H and O–H groups in total. The van der Waals surface area contributed by atoms with Gasteiger partial charge in [0, 0.05) is 83.4 Å². The number of aryl methyl sites for hydroxylation is 2. The van der Waals surface area contributed by atoms with E-state index >= 15 is 0 Å². The fraction of sp³-hybridized carbons (Fsp3) is 0.207. The SMILES string of the molecule is COC(=O)CN(Cc1cc[n+](C)cc1)C(=O)c1cc2ccccc2n1Cc1cccc(C(=N)N)c1.COC(=O)CN(Cc1cc[n+](C)cc1)C(=O)c1cc2ccccc2n1Cc1cccc(C(=N)N)c1.O=C([O-])C(F)(F)F.O=C([O-])C(F)(F)F. The quantitative estimate of drug-likeness (QED) is 0.0353. The summed E-state index contributed by atoms with van der Waals surface area (Å²) < 4.78 is 80.5. The first kappa shape index (κ1) is 64.4. The first-order valence-corrected chi connectivity index (χ1v) is 24.8. The number of nitrogens with two attached hydrogens (primary N) is 2. The highest BCUT2D eigenvalue weighted by Crippen LogP contribution is 2.26. The number of hydrogen-bond donors (Lipinski definition) is 4. The molecule has 4 heterocycles. The Bertz CT molecular complexity index is 3440. The van der Waals surface area contributed by atoms with E-state index in [-0.39, 0.29) is 49.7 Å². The molecule has 0 bridgehead atoms. The normalized spacial score (nSPS) is 10.9. The van der Waals surface area contributed by atoms with Gasteiger partial charge in [-0.05, 0) is 58.7 Å². The van der Waals surface area contributed by atoms with Crippen molar-refractivity contribution in [3.05, 3.63) is 203 Å². The molecule has 20 nitrogen and oxygen atoms in total. The molecule has 0 atom stereocenters. The lowest BCUT2D eigenvalue weighted by Gasteiger charge is -2.22. The molecule has 0 spiro atoms. The summed E-state index contributed by atoms with van der Waals surface area (Å²) in [4.78, 5) is 72.7. The molecule has 0 aliphatic rings. The number of nitrogen functional groups attached to an aromatic ring is 2. The summed E-state index contributed by atoms with van der Waals surface area (Å²) in [7, 11) is 6.46. The van der Waals surface area contributed by atoms with Crippen LogP contribution in [0.25, 0.3) is 21.8 Å². The number of pyridine rings is 2. The van der Waals surface area contributed by atoms with E-state index in [1.807, 2.05) is 178 Å². The van der Waals surface area contributed by atoms with E-state index in [2.05, 4.69) is 0 Å². The van der Waals surface area contributed by atoms with E-state index < -0.39 is 36.2 Å². The van der Waals surface area contributed by atoms with Crippen molar-refractivity contribution in [3.8, 4) is 0 Å². The Hall–Kier alpha value is -10.4. The summed E-state index contributed by atoms with van der Waals surface area (Å²) in [6.07, 6.45) is -2.80. The van der Waals surface area contributed by atoms with Crippen molar-refractivity contribution in [3.63, 3.8) is 0 Å². The first-order valence-electron chi connectivity index (χ1n) is 24.8. The van der Waals surface area contributed by atoms with Crippen LogP contribution in [0.4, 0.5) is 26.3 Å². The number of alkyl halides is 6. The highest BCUT2D eigenvalue weighted by Gasteiger charge is 2.30. The van der Waals surface area contributed by atoms with Crippen LogP contribution < -0.4 is 30.8 Å². The Morgan fingerprint density at radius 3 is 1.13 bits per heavy atom. The average molecular weight is 1170 g/mol. The van der Waals surface area contributed by atoms with Gasteiger partial charge in [-0.2, -0.15) is 26.3 Å². The maximum atomic E-state index is 13.9. The minimum atomic E-state index is -5.19. The van der Waals surface area contributed by atoms with Gasteiger partial charge in [0.25, 0.3) is 11.8 Å². The van der Waals surface area contributed by atoms with E-state index in [1.165, 1.54) is 24.0 Å². The van der Waals surface area contributed by atoms with Gasteiger partial charge in [0.2, 0.25) is 0 Å². The number of para-hydroxylation sites is 2. The third-order valence-electron chi connectivity index (χ3n) is 12.2. The molecule has 4 aromatic heterocycles. The van der Waals surface area contributed by atoms with Crippen LogP contribution in [0.2, 0.25) is 0 Å². The summed E-state index contributed by atoms with van der Waals surface area (Å²) in [6, 6.07) is 41.7. The lowest BCUT2D eigenvalue weighted by atomic mass is 10.1. The van der Waals surface area contributed by atoms with Gasteiger partial charge in [0.1, 0.15) is 62.2 Å². The number of aliphatic carboxylic acids is 2. The zero-order valence-electron chi connectivity index (χ0n) is 45.4. The number of fused-ring (bicyclic) bond motifs is 2. The third-order valence-corrected chi connectivity index (χ3v) is 12.2. The summed E-state index contributed by atoms with van der Waals surface area (Å²) in [5.74, 6) is -7.57. The van der Waals surface area contributed by atoms with Crippen molar-refractivity contribution in [2.24, 2.45) is 25.6 Å². The van der Waals surface area contributed by atoms with Crippen LogP contribution in [0, 0.1) is 10.8 Å². The minimum Gasteiger partial charge on any atom is -0.542 e. The lowest BCUT2D eigenvalue weighted by Crippen LogP contribution is -2.37. The number of halogens is 6. The molecule has 0 saturated heterocycles. The van der Waals surface area contributed by atoms with Crippen LogP contribution in [-0.4, -0.2) is 106 Å². The summed E-state index contributed by atoms with van der Waals surface area (Å²) in [5.41, 5.74) is 18.9. The maximum absolute atomic E-state index is 13.9.